The van der Waals surface area contributed by atoms with Gasteiger partial charge in [-0.05, 0) is 126 Å². The summed E-state index contributed by atoms with van der Waals surface area (Å²) in [5, 5.41) is 0. The van der Waals surface area contributed by atoms with Crippen LogP contribution in [0, 0.1) is 35.5 Å². The van der Waals surface area contributed by atoms with Gasteiger partial charge < -0.3 is 0 Å². The second-order valence-electron chi connectivity index (χ2n) is 15.1. The number of hydrogen-bond donors (Lipinski definition) is 0. The third-order valence-corrected chi connectivity index (χ3v) is 10.9. The van der Waals surface area contributed by atoms with Gasteiger partial charge in [-0.1, -0.05) is 171 Å². The van der Waals surface area contributed by atoms with Gasteiger partial charge in [0.05, 0.1) is 0 Å². The summed E-state index contributed by atoms with van der Waals surface area (Å²) in [5.74, 6) is 3.06. The minimum Gasteiger partial charge on any atom is -0.0996 e. The van der Waals surface area contributed by atoms with Gasteiger partial charge in [0.1, 0.15) is 0 Å². The van der Waals surface area contributed by atoms with E-state index >= 15 is 0 Å². The van der Waals surface area contributed by atoms with Crippen molar-refractivity contribution in [3.05, 3.63) is 145 Å². The first-order chi connectivity index (χ1) is 23.0. The summed E-state index contributed by atoms with van der Waals surface area (Å²) in [5.41, 5.74) is 10.6. The van der Waals surface area contributed by atoms with Crippen LogP contribution in [0.4, 0.5) is 0 Å². The van der Waals surface area contributed by atoms with Crippen molar-refractivity contribution in [2.45, 2.75) is 106 Å². The van der Waals surface area contributed by atoms with E-state index in [-0.39, 0.29) is 0 Å². The van der Waals surface area contributed by atoms with Crippen LogP contribution in [-0.2, 0) is 12.8 Å². The molecule has 0 aliphatic carbocycles. The number of aryl methyl sites for hydroxylation is 1. The Hall–Kier alpha value is -3.38. The Morgan fingerprint density at radius 1 is 0.646 bits per heavy atom. The lowest BCUT2D eigenvalue weighted by molar-refractivity contribution is 0.304. The monoisotopic (exact) mass is 643 g/mol. The van der Waals surface area contributed by atoms with E-state index in [0.29, 0.717) is 35.5 Å². The average molecular weight is 643 g/mol. The summed E-state index contributed by atoms with van der Waals surface area (Å²) >= 11 is 0. The molecule has 0 aliphatic rings. The summed E-state index contributed by atoms with van der Waals surface area (Å²) in [6, 6.07) is 30.9. The van der Waals surface area contributed by atoms with Crippen LogP contribution in [0.3, 0.4) is 0 Å². The van der Waals surface area contributed by atoms with Crippen molar-refractivity contribution in [3.63, 3.8) is 0 Å². The normalized spacial score (nSPS) is 14.0. The van der Waals surface area contributed by atoms with E-state index in [1.807, 2.05) is 0 Å². The molecule has 3 rings (SSSR count). The Morgan fingerprint density at radius 2 is 1.23 bits per heavy atom. The van der Waals surface area contributed by atoms with Crippen molar-refractivity contribution < 1.29 is 0 Å². The van der Waals surface area contributed by atoms with Crippen LogP contribution in [-0.4, -0.2) is 0 Å². The fourth-order valence-electron chi connectivity index (χ4n) is 7.58. The first-order valence-electron chi connectivity index (χ1n) is 18.9. The fraction of sp³-hybridized carbons (Fsp3) is 0.458. The minimum atomic E-state index is 0.454. The van der Waals surface area contributed by atoms with Crippen molar-refractivity contribution >= 4 is 11.1 Å². The SMILES string of the molecule is C=C(CC(Cc1ccccc1)C(C)CC(C)C(=C)CC(C(=C)CCc1ccccc1)C(C)C)c1cccc(C(=C)C(CCC)CCC)c1. The van der Waals surface area contributed by atoms with Gasteiger partial charge in [-0.25, -0.2) is 0 Å². The molecule has 4 unspecified atom stereocenters. The molecule has 0 amide bonds. The first kappa shape index (κ1) is 39.1. The largest absolute Gasteiger partial charge is 0.0996 e. The molecule has 3 aromatic carbocycles. The van der Waals surface area contributed by atoms with Crippen molar-refractivity contribution in [2.75, 3.05) is 0 Å². The molecule has 0 aliphatic heterocycles. The van der Waals surface area contributed by atoms with Crippen LogP contribution in [0.25, 0.3) is 11.1 Å². The predicted octanol–water partition coefficient (Wildman–Crippen LogP) is 14.2. The van der Waals surface area contributed by atoms with Crippen LogP contribution >= 0.6 is 0 Å². The maximum atomic E-state index is 4.68. The van der Waals surface area contributed by atoms with Crippen molar-refractivity contribution in [1.82, 2.24) is 0 Å². The van der Waals surface area contributed by atoms with Crippen LogP contribution < -0.4 is 0 Å². The molecule has 0 N–H and O–H groups in total. The lowest BCUT2D eigenvalue weighted by Gasteiger charge is -2.31. The van der Waals surface area contributed by atoms with E-state index in [2.05, 4.69) is 153 Å². The molecule has 0 aromatic heterocycles. The summed E-state index contributed by atoms with van der Waals surface area (Å²) in [6.07, 6.45) is 11.1. The molecule has 3 aromatic rings. The van der Waals surface area contributed by atoms with Gasteiger partial charge in [0.25, 0.3) is 0 Å². The van der Waals surface area contributed by atoms with Gasteiger partial charge in [-0.3, -0.25) is 0 Å². The third kappa shape index (κ3) is 12.3. The highest BCUT2D eigenvalue weighted by Gasteiger charge is 2.25. The van der Waals surface area contributed by atoms with E-state index in [4.69, 9.17) is 0 Å². The van der Waals surface area contributed by atoms with E-state index in [9.17, 15) is 0 Å². The van der Waals surface area contributed by atoms with Gasteiger partial charge in [-0.15, -0.1) is 0 Å². The van der Waals surface area contributed by atoms with Crippen molar-refractivity contribution in [1.29, 1.82) is 0 Å². The quantitative estimate of drug-likeness (QED) is 0.0957. The molecule has 0 bridgehead atoms. The molecule has 0 saturated carbocycles. The Bertz CT molecular complexity index is 1420. The highest BCUT2D eigenvalue weighted by Crippen LogP contribution is 2.38. The second-order valence-corrected chi connectivity index (χ2v) is 15.1. The van der Waals surface area contributed by atoms with Crippen molar-refractivity contribution in [2.24, 2.45) is 35.5 Å². The first-order valence-corrected chi connectivity index (χ1v) is 18.9. The van der Waals surface area contributed by atoms with E-state index < -0.39 is 0 Å². The van der Waals surface area contributed by atoms with Gasteiger partial charge in [-0.2, -0.15) is 0 Å². The molecule has 48 heavy (non-hydrogen) atoms. The van der Waals surface area contributed by atoms with Gasteiger partial charge in [0.2, 0.25) is 0 Å². The zero-order valence-electron chi connectivity index (χ0n) is 31.4. The lowest BCUT2D eigenvalue weighted by Crippen LogP contribution is -2.20. The summed E-state index contributed by atoms with van der Waals surface area (Å²) < 4.78 is 0. The minimum absolute atomic E-state index is 0.454. The maximum Gasteiger partial charge on any atom is -0.0145 e. The van der Waals surface area contributed by atoms with E-state index in [1.54, 1.807) is 0 Å². The zero-order valence-corrected chi connectivity index (χ0v) is 31.4. The fourth-order valence-corrected chi connectivity index (χ4v) is 7.58. The molecule has 258 valence electrons. The molecular weight excluding hydrogens is 577 g/mol. The third-order valence-electron chi connectivity index (χ3n) is 10.9. The maximum absolute atomic E-state index is 4.68. The average Bonchev–Trinajstić information content (AvgIpc) is 3.09. The Morgan fingerprint density at radius 3 is 1.81 bits per heavy atom. The molecule has 4 atom stereocenters. The summed E-state index contributed by atoms with van der Waals surface area (Å²) in [7, 11) is 0. The summed E-state index contributed by atoms with van der Waals surface area (Å²) in [6.45, 7) is 32.6. The molecule has 0 radical (unpaired) electrons. The number of hydrogen-bond acceptors (Lipinski definition) is 0. The molecule has 0 heterocycles. The molecule has 0 spiro atoms. The highest BCUT2D eigenvalue weighted by atomic mass is 14.3. The van der Waals surface area contributed by atoms with Crippen molar-refractivity contribution in [3.8, 4) is 0 Å². The lowest BCUT2D eigenvalue weighted by atomic mass is 9.74. The van der Waals surface area contributed by atoms with E-state index in [0.717, 1.165) is 38.5 Å². The number of rotatable bonds is 22. The molecule has 0 heteroatoms. The van der Waals surface area contributed by atoms with Gasteiger partial charge in [0, 0.05) is 0 Å². The second kappa shape index (κ2) is 20.2. The van der Waals surface area contributed by atoms with E-state index in [1.165, 1.54) is 70.2 Å². The number of allylic oxidation sites excluding steroid dienone is 4. The molecule has 0 fully saturated rings. The van der Waals surface area contributed by atoms with Gasteiger partial charge in [0.15, 0.2) is 0 Å². The van der Waals surface area contributed by atoms with Gasteiger partial charge >= 0.3 is 0 Å². The molecule has 0 nitrogen and oxygen atoms in total. The smallest absolute Gasteiger partial charge is 0.0145 e. The highest BCUT2D eigenvalue weighted by molar-refractivity contribution is 5.71. The Labute approximate surface area is 296 Å². The molecular formula is C48H66. The van der Waals surface area contributed by atoms with Crippen LogP contribution in [0.1, 0.15) is 115 Å². The Kier molecular flexibility index (Phi) is 16.4. The topological polar surface area (TPSA) is 0 Å². The standard InChI is InChI=1S/C48H66/c1-11-20-44(21-12-2)41(10)46-27-19-26-45(34-46)40(9)31-47(33-43-24-17-14-18-25-43)39(8)30-37(6)38(7)32-48(35(3)4)36(5)28-29-42-22-15-13-16-23-42/h13-19,22-27,34-35,37,39,44,47-48H,5,7,9-12,20-21,28-33H2,1-4,6,8H3. The summed E-state index contributed by atoms with van der Waals surface area (Å²) in [4.78, 5) is 0. The van der Waals surface area contributed by atoms with Crippen LogP contribution in [0.15, 0.2) is 122 Å². The number of benzene rings is 3. The zero-order chi connectivity index (χ0) is 35.1. The Balaban J connectivity index is 1.71. The molecule has 0 saturated heterocycles. The van der Waals surface area contributed by atoms with Crippen LogP contribution in [0.2, 0.25) is 0 Å². The predicted molar refractivity (Wildman–Crippen MR) is 215 cm³/mol. The van der Waals surface area contributed by atoms with Crippen LogP contribution in [0.5, 0.6) is 0 Å².